The van der Waals surface area contributed by atoms with Gasteiger partial charge in [-0.2, -0.15) is 0 Å². The number of hydrogen-bond donors (Lipinski definition) is 0. The Morgan fingerprint density at radius 2 is 0.444 bits per heavy atom. The van der Waals surface area contributed by atoms with Crippen molar-refractivity contribution in [1.29, 1.82) is 21.0 Å². The third kappa shape index (κ3) is 56.2. The molecule has 0 amide bonds. The monoisotopic (exact) mass is 160 g/mol. The summed E-state index contributed by atoms with van der Waals surface area (Å²) in [7, 11) is 0. The molecule has 0 bridgehead atoms. The first-order chi connectivity index (χ1) is 4.00. The molecule has 0 fully saturated rings. The molecule has 46 valence electrons. The summed E-state index contributed by atoms with van der Waals surface area (Å²) in [6, 6.07) is 0. The Morgan fingerprint density at radius 3 is 0.444 bits per heavy atom. The summed E-state index contributed by atoms with van der Waals surface area (Å²) in [6.07, 6.45) is 0. The molecule has 0 atom stereocenters. The minimum atomic E-state index is 0. The predicted octanol–water partition coefficient (Wildman–Crippen LogP) is 0.383. The van der Waals surface area contributed by atoms with Gasteiger partial charge in [-0.25, -0.2) is 0 Å². The van der Waals surface area contributed by atoms with Gasteiger partial charge in [-0.3, -0.25) is 0 Å². The topological polar surface area (TPSA) is 95.2 Å². The number of rotatable bonds is 0. The molecule has 0 rings (SSSR count). The van der Waals surface area contributed by atoms with E-state index in [4.69, 9.17) is 47.3 Å². The van der Waals surface area contributed by atoms with Gasteiger partial charge in [0.2, 0.25) is 0 Å². The van der Waals surface area contributed by atoms with Gasteiger partial charge < -0.3 is 47.3 Å². The zero-order chi connectivity index (χ0) is 8.00. The Labute approximate surface area is 65.0 Å². The molecule has 0 saturated carbocycles. The molecule has 9 heavy (non-hydrogen) atoms. The minimum Gasteiger partial charge on any atom is -0.512 e. The summed E-state index contributed by atoms with van der Waals surface area (Å²) in [4.78, 5) is 0. The molecule has 0 aromatic rings. The van der Waals surface area contributed by atoms with Gasteiger partial charge in [0, 0.05) is 0 Å². The second kappa shape index (κ2) is 84.1. The van der Waals surface area contributed by atoms with Crippen LogP contribution in [0, 0.1) is 47.3 Å². The normalized spacial score (nSPS) is 0.889. The quantitative estimate of drug-likeness (QED) is 0.378. The Kier molecular flexibility index (Phi) is 478. The maximum atomic E-state index is 6.25. The van der Waals surface area contributed by atoms with E-state index in [1.807, 2.05) is 0 Å². The maximum Gasteiger partial charge on any atom is 2.00 e. The Bertz CT molecular complexity index is 55.5. The Balaban J connectivity index is -0.00000000762. The molecule has 4 nitrogen and oxygen atoms in total. The fraction of sp³-hybridized carbons (Fsp3) is 0. The van der Waals surface area contributed by atoms with E-state index in [-0.39, 0.29) is 17.1 Å². The Morgan fingerprint density at radius 1 is 0.444 bits per heavy atom. The van der Waals surface area contributed by atoms with Crippen molar-refractivity contribution in [1.82, 2.24) is 0 Å². The largest absolute Gasteiger partial charge is 2.00 e. The van der Waals surface area contributed by atoms with Crippen LogP contribution in [0.2, 0.25) is 0 Å². The second-order valence-corrected chi connectivity index (χ2v) is 0. The molecular weight excluding hydrogens is 160 g/mol. The van der Waals surface area contributed by atoms with Gasteiger partial charge in [-0.15, -0.1) is 0 Å². The van der Waals surface area contributed by atoms with Gasteiger partial charge in [0.25, 0.3) is 0 Å². The van der Waals surface area contributed by atoms with E-state index >= 15 is 0 Å². The van der Waals surface area contributed by atoms with Crippen molar-refractivity contribution in [2.24, 2.45) is 0 Å². The van der Waals surface area contributed by atoms with E-state index in [2.05, 4.69) is 0 Å². The van der Waals surface area contributed by atoms with E-state index in [1.165, 1.54) is 0 Å². The van der Waals surface area contributed by atoms with Crippen molar-refractivity contribution in [3.05, 3.63) is 26.3 Å². The standard InChI is InChI=1S/4CN.Fe/c4*1-2;/q4*-1;+2. The van der Waals surface area contributed by atoms with Crippen molar-refractivity contribution < 1.29 is 17.1 Å². The van der Waals surface area contributed by atoms with Crippen LogP contribution in [0.15, 0.2) is 0 Å². The first-order valence-corrected chi connectivity index (χ1v) is 0.894. The SMILES string of the molecule is [C-]#N.[C-]#N.[C-]#N.[C-]#N.[Fe+2]. The molecule has 0 unspecified atom stereocenters. The number of hydrogen-bond acceptors (Lipinski definition) is 4. The van der Waals surface area contributed by atoms with Gasteiger partial charge in [0.15, 0.2) is 0 Å². The molecule has 0 aliphatic heterocycles. The van der Waals surface area contributed by atoms with E-state index in [9.17, 15) is 0 Å². The van der Waals surface area contributed by atoms with Crippen LogP contribution < -0.4 is 0 Å². The van der Waals surface area contributed by atoms with Crippen molar-refractivity contribution in [3.8, 4) is 0 Å². The summed E-state index contributed by atoms with van der Waals surface area (Å²) < 4.78 is 0. The molecule has 0 spiro atoms. The predicted molar refractivity (Wildman–Crippen MR) is 19.9 cm³/mol. The molecule has 0 aromatic carbocycles. The smallest absolute Gasteiger partial charge is 0.512 e. The summed E-state index contributed by atoms with van der Waals surface area (Å²) >= 11 is 0. The van der Waals surface area contributed by atoms with Gasteiger partial charge in [-0.05, 0) is 0 Å². The van der Waals surface area contributed by atoms with E-state index in [1.54, 1.807) is 0 Å². The fourth-order valence-electron chi connectivity index (χ4n) is 0. The summed E-state index contributed by atoms with van der Waals surface area (Å²) in [5, 5.41) is 25.0. The fourth-order valence-corrected chi connectivity index (χ4v) is 0. The van der Waals surface area contributed by atoms with E-state index in [0.29, 0.717) is 0 Å². The zero-order valence-electron chi connectivity index (χ0n) is 4.14. The first-order valence-electron chi connectivity index (χ1n) is 0.894. The molecule has 0 N–H and O–H groups in total. The molecular formula is C4FeN4-2. The molecule has 0 radical (unpaired) electrons. The molecule has 0 aliphatic carbocycles. The summed E-state index contributed by atoms with van der Waals surface area (Å²) in [5.41, 5.74) is 0. The second-order valence-electron chi connectivity index (χ2n) is 0. The van der Waals surface area contributed by atoms with Gasteiger partial charge in [0.1, 0.15) is 0 Å². The van der Waals surface area contributed by atoms with Crippen molar-refractivity contribution >= 4 is 0 Å². The minimum absolute atomic E-state index is 0. The van der Waals surface area contributed by atoms with Crippen molar-refractivity contribution in [2.75, 3.05) is 0 Å². The van der Waals surface area contributed by atoms with Gasteiger partial charge in [0.05, 0.1) is 0 Å². The van der Waals surface area contributed by atoms with Crippen LogP contribution in [0.25, 0.3) is 0 Å². The average Bonchev–Trinajstić information content (AvgIpc) is 2.03. The van der Waals surface area contributed by atoms with Crippen LogP contribution in [-0.4, -0.2) is 0 Å². The molecule has 0 aliphatic rings. The van der Waals surface area contributed by atoms with Crippen molar-refractivity contribution in [3.63, 3.8) is 0 Å². The van der Waals surface area contributed by atoms with Crippen LogP contribution in [-0.2, 0) is 17.1 Å². The molecule has 0 heterocycles. The van der Waals surface area contributed by atoms with Crippen LogP contribution in [0.4, 0.5) is 0 Å². The Hall–Kier alpha value is -1.52. The van der Waals surface area contributed by atoms with E-state index < -0.39 is 0 Å². The summed E-state index contributed by atoms with van der Waals surface area (Å²) in [5.74, 6) is 0. The average molecular weight is 160 g/mol. The summed E-state index contributed by atoms with van der Waals surface area (Å²) in [6.45, 7) is 19.0. The van der Waals surface area contributed by atoms with E-state index in [0.717, 1.165) is 0 Å². The number of nitrogens with zero attached hydrogens (tertiary/aromatic N) is 4. The van der Waals surface area contributed by atoms with Gasteiger partial charge in [-0.1, -0.05) is 0 Å². The van der Waals surface area contributed by atoms with Crippen LogP contribution in [0.1, 0.15) is 0 Å². The first kappa shape index (κ1) is 51.1. The third-order valence-corrected chi connectivity index (χ3v) is 0. The zero-order valence-corrected chi connectivity index (χ0v) is 5.25. The maximum absolute atomic E-state index is 6.25. The molecule has 5 heteroatoms. The van der Waals surface area contributed by atoms with Crippen LogP contribution >= 0.6 is 0 Å². The van der Waals surface area contributed by atoms with Crippen LogP contribution in [0.3, 0.4) is 0 Å². The van der Waals surface area contributed by atoms with Crippen LogP contribution in [0.5, 0.6) is 0 Å². The molecule has 0 saturated heterocycles. The molecule has 0 aromatic heterocycles. The van der Waals surface area contributed by atoms with Crippen molar-refractivity contribution in [2.45, 2.75) is 0 Å². The van der Waals surface area contributed by atoms with Gasteiger partial charge >= 0.3 is 17.1 Å². The third-order valence-electron chi connectivity index (χ3n) is 0.